The number of ether oxygens (including phenoxy) is 2. The summed E-state index contributed by atoms with van der Waals surface area (Å²) in [6, 6.07) is 0.576. The summed E-state index contributed by atoms with van der Waals surface area (Å²) in [6.45, 7) is 7.19. The summed E-state index contributed by atoms with van der Waals surface area (Å²) >= 11 is 0. The van der Waals surface area contributed by atoms with Crippen molar-refractivity contribution in [2.24, 2.45) is 0 Å². The molecule has 4 nitrogen and oxygen atoms in total. The monoisotopic (exact) mass is 216 g/mol. The fourth-order valence-electron chi connectivity index (χ4n) is 2.01. The molecular weight excluding hydrogens is 192 g/mol. The molecule has 15 heavy (non-hydrogen) atoms. The number of nitrogens with zero attached hydrogens (tertiary/aromatic N) is 1. The first kappa shape index (κ1) is 12.9. The van der Waals surface area contributed by atoms with Gasteiger partial charge in [-0.25, -0.2) is 0 Å². The Hall–Kier alpha value is -0.160. The van der Waals surface area contributed by atoms with Crippen molar-refractivity contribution >= 4 is 0 Å². The average Bonchev–Trinajstić information content (AvgIpc) is 2.71. The van der Waals surface area contributed by atoms with Crippen LogP contribution in [0.5, 0.6) is 0 Å². The van der Waals surface area contributed by atoms with E-state index in [-0.39, 0.29) is 0 Å². The Morgan fingerprint density at radius 3 is 2.73 bits per heavy atom. The molecule has 4 heteroatoms. The zero-order chi connectivity index (χ0) is 11.1. The van der Waals surface area contributed by atoms with E-state index in [1.54, 1.807) is 14.2 Å². The summed E-state index contributed by atoms with van der Waals surface area (Å²) in [6.07, 6.45) is 1.52. The molecule has 0 amide bonds. The van der Waals surface area contributed by atoms with Crippen molar-refractivity contribution in [2.45, 2.75) is 25.5 Å². The molecule has 1 N–H and O–H groups in total. The topological polar surface area (TPSA) is 33.7 Å². The van der Waals surface area contributed by atoms with Gasteiger partial charge in [0.2, 0.25) is 0 Å². The Balaban J connectivity index is 2.20. The first-order valence-electron chi connectivity index (χ1n) is 5.77. The highest BCUT2D eigenvalue weighted by atomic mass is 16.5. The number of hydrogen-bond acceptors (Lipinski definition) is 4. The third-order valence-corrected chi connectivity index (χ3v) is 3.05. The van der Waals surface area contributed by atoms with Crippen molar-refractivity contribution in [3.8, 4) is 0 Å². The predicted octanol–water partition coefficient (Wildman–Crippen LogP) is 0.332. The fraction of sp³-hybridized carbons (Fsp3) is 1.00. The SMILES string of the molecule is CCN(CCOC)CC1CC(OC)CN1. The molecule has 1 aliphatic rings. The molecule has 0 aromatic rings. The van der Waals surface area contributed by atoms with Crippen molar-refractivity contribution in [1.29, 1.82) is 0 Å². The molecule has 0 bridgehead atoms. The first-order valence-corrected chi connectivity index (χ1v) is 5.77. The highest BCUT2D eigenvalue weighted by Crippen LogP contribution is 2.10. The van der Waals surface area contributed by atoms with E-state index in [1.807, 2.05) is 0 Å². The lowest BCUT2D eigenvalue weighted by Crippen LogP contribution is -2.38. The number of nitrogens with one attached hydrogen (secondary N) is 1. The Bertz CT molecular complexity index is 167. The van der Waals surface area contributed by atoms with Crippen molar-refractivity contribution in [3.05, 3.63) is 0 Å². The predicted molar refractivity (Wildman–Crippen MR) is 61.2 cm³/mol. The van der Waals surface area contributed by atoms with Gasteiger partial charge in [-0.05, 0) is 13.0 Å². The van der Waals surface area contributed by atoms with Gasteiger partial charge in [0.25, 0.3) is 0 Å². The number of hydrogen-bond donors (Lipinski definition) is 1. The number of methoxy groups -OCH3 is 2. The summed E-state index contributed by atoms with van der Waals surface area (Å²) in [5.74, 6) is 0. The van der Waals surface area contributed by atoms with Crippen molar-refractivity contribution < 1.29 is 9.47 Å². The van der Waals surface area contributed by atoms with Crippen molar-refractivity contribution in [2.75, 3.05) is 47.0 Å². The first-order chi connectivity index (χ1) is 7.30. The second kappa shape index (κ2) is 7.17. The molecule has 1 aliphatic heterocycles. The third kappa shape index (κ3) is 4.47. The number of rotatable bonds is 7. The van der Waals surface area contributed by atoms with Gasteiger partial charge < -0.3 is 14.8 Å². The summed E-state index contributed by atoms with van der Waals surface area (Å²) in [5.41, 5.74) is 0. The molecule has 0 aromatic heterocycles. The normalized spacial score (nSPS) is 26.4. The van der Waals surface area contributed by atoms with Crippen LogP contribution in [0.1, 0.15) is 13.3 Å². The van der Waals surface area contributed by atoms with Crippen molar-refractivity contribution in [3.63, 3.8) is 0 Å². The molecule has 1 rings (SSSR count). The van der Waals surface area contributed by atoms with Gasteiger partial charge in [-0.15, -0.1) is 0 Å². The van der Waals surface area contributed by atoms with Gasteiger partial charge in [0.05, 0.1) is 12.7 Å². The second-order valence-corrected chi connectivity index (χ2v) is 4.08. The molecule has 0 aromatic carbocycles. The van der Waals surface area contributed by atoms with Crippen LogP contribution in [0.25, 0.3) is 0 Å². The van der Waals surface area contributed by atoms with Crippen LogP contribution >= 0.6 is 0 Å². The summed E-state index contributed by atoms with van der Waals surface area (Å²) in [5, 5.41) is 3.49. The highest BCUT2D eigenvalue weighted by Gasteiger charge is 2.24. The molecular formula is C11H24N2O2. The number of likely N-dealkylation sites (N-methyl/N-ethyl adjacent to an activating group) is 1. The maximum absolute atomic E-state index is 5.33. The van der Waals surface area contributed by atoms with Gasteiger partial charge in [-0.3, -0.25) is 4.90 Å². The van der Waals surface area contributed by atoms with Gasteiger partial charge in [0, 0.05) is 39.9 Å². The van der Waals surface area contributed by atoms with Crippen LogP contribution in [-0.2, 0) is 9.47 Å². The fourth-order valence-corrected chi connectivity index (χ4v) is 2.01. The zero-order valence-corrected chi connectivity index (χ0v) is 10.2. The van der Waals surface area contributed by atoms with E-state index < -0.39 is 0 Å². The van der Waals surface area contributed by atoms with Gasteiger partial charge in [0.1, 0.15) is 0 Å². The molecule has 0 spiro atoms. The Morgan fingerprint density at radius 1 is 1.40 bits per heavy atom. The van der Waals surface area contributed by atoms with Crippen LogP contribution in [0.15, 0.2) is 0 Å². The van der Waals surface area contributed by atoms with Crippen LogP contribution in [0.4, 0.5) is 0 Å². The molecule has 2 unspecified atom stereocenters. The minimum atomic E-state index is 0.399. The highest BCUT2D eigenvalue weighted by molar-refractivity contribution is 4.84. The smallest absolute Gasteiger partial charge is 0.0711 e. The molecule has 0 radical (unpaired) electrons. The molecule has 0 saturated carbocycles. The van der Waals surface area contributed by atoms with Crippen LogP contribution in [0.3, 0.4) is 0 Å². The maximum Gasteiger partial charge on any atom is 0.0711 e. The quantitative estimate of drug-likeness (QED) is 0.665. The molecule has 1 saturated heterocycles. The summed E-state index contributed by atoms with van der Waals surface area (Å²) in [7, 11) is 3.54. The van der Waals surface area contributed by atoms with E-state index >= 15 is 0 Å². The lowest BCUT2D eigenvalue weighted by molar-refractivity contribution is 0.113. The van der Waals surface area contributed by atoms with E-state index in [4.69, 9.17) is 9.47 Å². The lowest BCUT2D eigenvalue weighted by Gasteiger charge is -2.23. The zero-order valence-electron chi connectivity index (χ0n) is 10.2. The Morgan fingerprint density at radius 2 is 2.20 bits per heavy atom. The van der Waals surface area contributed by atoms with E-state index in [1.165, 1.54) is 0 Å². The van der Waals surface area contributed by atoms with Gasteiger partial charge in [-0.2, -0.15) is 0 Å². The Labute approximate surface area is 92.9 Å². The second-order valence-electron chi connectivity index (χ2n) is 4.08. The maximum atomic E-state index is 5.33. The average molecular weight is 216 g/mol. The van der Waals surface area contributed by atoms with Crippen LogP contribution in [0.2, 0.25) is 0 Å². The largest absolute Gasteiger partial charge is 0.383 e. The van der Waals surface area contributed by atoms with Gasteiger partial charge in [0.15, 0.2) is 0 Å². The van der Waals surface area contributed by atoms with Crippen LogP contribution in [-0.4, -0.2) is 64.1 Å². The molecule has 90 valence electrons. The molecule has 1 heterocycles. The van der Waals surface area contributed by atoms with E-state index in [9.17, 15) is 0 Å². The molecule has 1 fully saturated rings. The summed E-state index contributed by atoms with van der Waals surface area (Å²) in [4.78, 5) is 2.42. The van der Waals surface area contributed by atoms with Crippen molar-refractivity contribution in [1.82, 2.24) is 10.2 Å². The van der Waals surface area contributed by atoms with Crippen LogP contribution in [0, 0.1) is 0 Å². The Kier molecular flexibility index (Phi) is 6.17. The van der Waals surface area contributed by atoms with E-state index in [2.05, 4.69) is 17.1 Å². The van der Waals surface area contributed by atoms with E-state index in [0.29, 0.717) is 12.1 Å². The van der Waals surface area contributed by atoms with Crippen LogP contribution < -0.4 is 5.32 Å². The van der Waals surface area contributed by atoms with E-state index in [0.717, 1.165) is 39.2 Å². The molecule has 0 aliphatic carbocycles. The molecule has 2 atom stereocenters. The minimum absolute atomic E-state index is 0.399. The van der Waals surface area contributed by atoms with Gasteiger partial charge in [-0.1, -0.05) is 6.92 Å². The standard InChI is InChI=1S/C11H24N2O2/c1-4-13(5-6-14-2)9-10-7-11(15-3)8-12-10/h10-12H,4-9H2,1-3H3. The third-order valence-electron chi connectivity index (χ3n) is 3.05. The minimum Gasteiger partial charge on any atom is -0.383 e. The van der Waals surface area contributed by atoms with Gasteiger partial charge >= 0.3 is 0 Å². The lowest BCUT2D eigenvalue weighted by atomic mass is 10.2. The summed E-state index contributed by atoms with van der Waals surface area (Å²) < 4.78 is 10.4.